The van der Waals surface area contributed by atoms with E-state index in [0.29, 0.717) is 0 Å². The fourth-order valence-corrected chi connectivity index (χ4v) is 1.37. The zero-order valence-corrected chi connectivity index (χ0v) is 9.80. The zero-order chi connectivity index (χ0) is 14.4. The summed E-state index contributed by atoms with van der Waals surface area (Å²) in [6, 6.07) is 3.26. The number of nitrogens with one attached hydrogen (secondary N) is 1. The molecule has 0 aliphatic heterocycles. The Kier molecular flexibility index (Phi) is 4.99. The van der Waals surface area contributed by atoms with Crippen LogP contribution in [0.1, 0.15) is 23.2 Å². The highest BCUT2D eigenvalue weighted by atomic mass is 19.1. The monoisotopic (exact) mass is 269 g/mol. The number of carbonyl (C=O) groups excluding carboxylic acids is 1. The molecule has 0 bridgehead atoms. The number of hydrogen-bond acceptors (Lipinski definition) is 3. The van der Waals surface area contributed by atoms with Crippen LogP contribution in [0.5, 0.6) is 0 Å². The van der Waals surface area contributed by atoms with Crippen LogP contribution in [0.2, 0.25) is 0 Å². The number of halogens is 1. The zero-order valence-electron chi connectivity index (χ0n) is 9.80. The Balaban J connectivity index is 2.68. The lowest BCUT2D eigenvalue weighted by molar-refractivity contribution is -0.140. The molecule has 0 spiro atoms. The average molecular weight is 269 g/mol. The predicted octanol–water partition coefficient (Wildman–Crippen LogP) is 0.873. The molecule has 6 nitrogen and oxygen atoms in total. The number of benzene rings is 1. The van der Waals surface area contributed by atoms with E-state index in [4.69, 9.17) is 10.2 Å². The maximum Gasteiger partial charge on any atom is 0.326 e. The van der Waals surface area contributed by atoms with Crippen molar-refractivity contribution in [1.82, 2.24) is 5.32 Å². The Hall–Kier alpha value is -2.44. The smallest absolute Gasteiger partial charge is 0.326 e. The van der Waals surface area contributed by atoms with Crippen LogP contribution in [-0.2, 0) is 9.59 Å². The lowest BCUT2D eigenvalue weighted by Gasteiger charge is -2.13. The van der Waals surface area contributed by atoms with Gasteiger partial charge in [0.05, 0.1) is 0 Å². The van der Waals surface area contributed by atoms with E-state index in [9.17, 15) is 18.8 Å². The molecular weight excluding hydrogens is 257 g/mol. The van der Waals surface area contributed by atoms with Gasteiger partial charge in [0.25, 0.3) is 5.91 Å². The standard InChI is InChI=1S/C12H12FNO5/c13-8-3-1-7(2-4-8)11(17)14-9(12(18)19)5-6-10(15)16/h1-4,9H,5-6H2,(H,14,17)(H,15,16)(H,18,19)/t9-/m0/s1. The Morgan fingerprint density at radius 1 is 1.16 bits per heavy atom. The van der Waals surface area contributed by atoms with Gasteiger partial charge in [-0.15, -0.1) is 0 Å². The van der Waals surface area contributed by atoms with Gasteiger partial charge in [-0.3, -0.25) is 9.59 Å². The molecule has 0 radical (unpaired) electrons. The van der Waals surface area contributed by atoms with Crippen LogP contribution in [0, 0.1) is 5.82 Å². The summed E-state index contributed by atoms with van der Waals surface area (Å²) in [6.45, 7) is 0. The first-order chi connectivity index (χ1) is 8.90. The van der Waals surface area contributed by atoms with Gasteiger partial charge >= 0.3 is 11.9 Å². The Morgan fingerprint density at radius 2 is 1.74 bits per heavy atom. The van der Waals surface area contributed by atoms with Gasteiger partial charge in [0.2, 0.25) is 0 Å². The molecule has 0 aliphatic rings. The lowest BCUT2D eigenvalue weighted by atomic mass is 10.1. The molecule has 0 aromatic heterocycles. The van der Waals surface area contributed by atoms with Gasteiger partial charge in [-0.05, 0) is 30.7 Å². The predicted molar refractivity (Wildman–Crippen MR) is 62.2 cm³/mol. The first-order valence-electron chi connectivity index (χ1n) is 5.41. The molecule has 0 heterocycles. The number of amides is 1. The third-order valence-electron chi connectivity index (χ3n) is 2.36. The number of carbonyl (C=O) groups is 3. The second kappa shape index (κ2) is 6.48. The highest BCUT2D eigenvalue weighted by Gasteiger charge is 2.21. The maximum atomic E-state index is 12.7. The molecular formula is C12H12FNO5. The number of hydrogen-bond donors (Lipinski definition) is 3. The SMILES string of the molecule is O=C(O)CC[C@H](NC(=O)c1ccc(F)cc1)C(=O)O. The van der Waals surface area contributed by atoms with E-state index in [0.717, 1.165) is 12.1 Å². The van der Waals surface area contributed by atoms with Crippen molar-refractivity contribution in [3.63, 3.8) is 0 Å². The molecule has 0 saturated carbocycles. The second-order valence-electron chi connectivity index (χ2n) is 3.80. The molecule has 0 aliphatic carbocycles. The summed E-state index contributed by atoms with van der Waals surface area (Å²) in [6.07, 6.45) is -0.599. The van der Waals surface area contributed by atoms with Gasteiger partial charge in [-0.1, -0.05) is 0 Å². The number of carboxylic acids is 2. The number of rotatable bonds is 6. The molecule has 7 heteroatoms. The quantitative estimate of drug-likeness (QED) is 0.711. The highest BCUT2D eigenvalue weighted by Crippen LogP contribution is 2.05. The summed E-state index contributed by atoms with van der Waals surface area (Å²) in [5.74, 6) is -3.69. The van der Waals surface area contributed by atoms with Crippen LogP contribution in [-0.4, -0.2) is 34.1 Å². The molecule has 0 saturated heterocycles. The third kappa shape index (κ3) is 4.74. The van der Waals surface area contributed by atoms with Crippen molar-refractivity contribution in [3.05, 3.63) is 35.6 Å². The molecule has 0 unspecified atom stereocenters. The van der Waals surface area contributed by atoms with Crippen molar-refractivity contribution in [2.45, 2.75) is 18.9 Å². The van der Waals surface area contributed by atoms with Crippen molar-refractivity contribution in [2.75, 3.05) is 0 Å². The largest absolute Gasteiger partial charge is 0.481 e. The van der Waals surface area contributed by atoms with Gasteiger partial charge in [0.1, 0.15) is 11.9 Å². The van der Waals surface area contributed by atoms with E-state index in [1.807, 2.05) is 0 Å². The topological polar surface area (TPSA) is 104 Å². The number of carboxylic acid groups (broad SMARTS) is 2. The van der Waals surface area contributed by atoms with E-state index in [-0.39, 0.29) is 18.4 Å². The fraction of sp³-hybridized carbons (Fsp3) is 0.250. The van der Waals surface area contributed by atoms with E-state index >= 15 is 0 Å². The van der Waals surface area contributed by atoms with Gasteiger partial charge in [-0.25, -0.2) is 9.18 Å². The van der Waals surface area contributed by atoms with Crippen molar-refractivity contribution >= 4 is 17.8 Å². The molecule has 0 fully saturated rings. The Morgan fingerprint density at radius 3 is 2.21 bits per heavy atom. The van der Waals surface area contributed by atoms with Crippen LogP contribution < -0.4 is 5.32 Å². The van der Waals surface area contributed by atoms with Gasteiger partial charge in [0.15, 0.2) is 0 Å². The molecule has 19 heavy (non-hydrogen) atoms. The molecule has 1 atom stereocenters. The van der Waals surface area contributed by atoms with Crippen molar-refractivity contribution in [1.29, 1.82) is 0 Å². The van der Waals surface area contributed by atoms with Crippen LogP contribution in [0.3, 0.4) is 0 Å². The van der Waals surface area contributed by atoms with Gasteiger partial charge in [-0.2, -0.15) is 0 Å². The van der Waals surface area contributed by atoms with Crippen molar-refractivity contribution in [2.24, 2.45) is 0 Å². The van der Waals surface area contributed by atoms with E-state index < -0.39 is 29.7 Å². The summed E-state index contributed by atoms with van der Waals surface area (Å²) >= 11 is 0. The molecule has 3 N–H and O–H groups in total. The molecule has 1 rings (SSSR count). The third-order valence-corrected chi connectivity index (χ3v) is 2.36. The van der Waals surface area contributed by atoms with Crippen molar-refractivity contribution < 1.29 is 29.0 Å². The van der Waals surface area contributed by atoms with Crippen LogP contribution in [0.15, 0.2) is 24.3 Å². The summed E-state index contributed by atoms with van der Waals surface area (Å²) in [7, 11) is 0. The van der Waals surface area contributed by atoms with Crippen LogP contribution in [0.25, 0.3) is 0 Å². The van der Waals surface area contributed by atoms with E-state index in [2.05, 4.69) is 5.32 Å². The first-order valence-corrected chi connectivity index (χ1v) is 5.41. The maximum absolute atomic E-state index is 12.7. The molecule has 1 aromatic carbocycles. The second-order valence-corrected chi connectivity index (χ2v) is 3.80. The summed E-state index contributed by atoms with van der Waals surface area (Å²) in [4.78, 5) is 32.9. The van der Waals surface area contributed by atoms with E-state index in [1.165, 1.54) is 12.1 Å². The highest BCUT2D eigenvalue weighted by molar-refractivity contribution is 5.96. The first kappa shape index (κ1) is 14.6. The lowest BCUT2D eigenvalue weighted by Crippen LogP contribution is -2.41. The Labute approximate surface area is 107 Å². The minimum Gasteiger partial charge on any atom is -0.481 e. The van der Waals surface area contributed by atoms with Crippen molar-refractivity contribution in [3.8, 4) is 0 Å². The number of aliphatic carboxylic acids is 2. The molecule has 1 amide bonds. The summed E-state index contributed by atoms with van der Waals surface area (Å²) in [5, 5.41) is 19.5. The van der Waals surface area contributed by atoms with Gasteiger partial charge in [0, 0.05) is 12.0 Å². The minimum absolute atomic E-state index is 0.1000. The van der Waals surface area contributed by atoms with Crippen LogP contribution >= 0.6 is 0 Å². The summed E-state index contributed by atoms with van der Waals surface area (Å²) < 4.78 is 12.7. The molecule has 1 aromatic rings. The summed E-state index contributed by atoms with van der Waals surface area (Å²) in [5.41, 5.74) is 0.1000. The van der Waals surface area contributed by atoms with Gasteiger partial charge < -0.3 is 15.5 Å². The van der Waals surface area contributed by atoms with Crippen LogP contribution in [0.4, 0.5) is 4.39 Å². The van der Waals surface area contributed by atoms with E-state index in [1.54, 1.807) is 0 Å². The molecule has 102 valence electrons. The normalized spacial score (nSPS) is 11.6. The fourth-order valence-electron chi connectivity index (χ4n) is 1.37. The Bertz CT molecular complexity index is 485. The minimum atomic E-state index is -1.32. The average Bonchev–Trinajstić information content (AvgIpc) is 2.34.